The van der Waals surface area contributed by atoms with Gasteiger partial charge in [0, 0.05) is 18.3 Å². The van der Waals surface area contributed by atoms with Gasteiger partial charge in [0.15, 0.2) is 0 Å². The molecule has 4 N–H and O–H groups in total. The van der Waals surface area contributed by atoms with Gasteiger partial charge in [-0.05, 0) is 36.8 Å². The first-order chi connectivity index (χ1) is 10.1. The van der Waals surface area contributed by atoms with E-state index in [1.807, 2.05) is 6.92 Å². The van der Waals surface area contributed by atoms with E-state index in [0.29, 0.717) is 29.3 Å². The molecule has 0 atom stereocenters. The minimum atomic E-state index is -0.209. The molecule has 0 aliphatic carbocycles. The number of aliphatic hydroxyl groups excluding tert-OH is 1. The lowest BCUT2D eigenvalue weighted by Crippen LogP contribution is -2.23. The number of hydrogen-bond donors (Lipinski definition) is 3. The van der Waals surface area contributed by atoms with Crippen LogP contribution in [0.4, 0.5) is 5.69 Å². The van der Waals surface area contributed by atoms with E-state index in [1.165, 1.54) is 0 Å². The number of benzene rings is 2. The zero-order valence-corrected chi connectivity index (χ0v) is 11.8. The molecule has 21 heavy (non-hydrogen) atoms. The molecule has 0 unspecified atom stereocenters. The molecule has 110 valence electrons. The number of carbonyl (C=O) groups excluding carboxylic acids is 1. The van der Waals surface area contributed by atoms with Gasteiger partial charge < -0.3 is 20.9 Å². The molecule has 0 fully saturated rings. The minimum absolute atomic E-state index is 0.0251. The van der Waals surface area contributed by atoms with E-state index in [0.717, 1.165) is 5.56 Å². The van der Waals surface area contributed by atoms with Crippen LogP contribution in [-0.4, -0.2) is 17.6 Å². The van der Waals surface area contributed by atoms with E-state index in [9.17, 15) is 4.79 Å². The van der Waals surface area contributed by atoms with Crippen molar-refractivity contribution >= 4 is 11.6 Å². The molecule has 0 spiro atoms. The van der Waals surface area contributed by atoms with Crippen LogP contribution in [0, 0.1) is 0 Å². The highest BCUT2D eigenvalue weighted by Gasteiger charge is 2.13. The van der Waals surface area contributed by atoms with Crippen molar-refractivity contribution in [1.29, 1.82) is 0 Å². The van der Waals surface area contributed by atoms with Gasteiger partial charge >= 0.3 is 0 Å². The molecular weight excluding hydrogens is 268 g/mol. The van der Waals surface area contributed by atoms with Gasteiger partial charge in [-0.15, -0.1) is 0 Å². The van der Waals surface area contributed by atoms with Gasteiger partial charge in [-0.25, -0.2) is 0 Å². The number of amides is 1. The maximum absolute atomic E-state index is 12.0. The first-order valence-electron chi connectivity index (χ1n) is 6.69. The molecule has 5 heteroatoms. The van der Waals surface area contributed by atoms with E-state index < -0.39 is 0 Å². The number of nitrogen functional groups attached to an aromatic ring is 1. The zero-order valence-electron chi connectivity index (χ0n) is 11.8. The Morgan fingerprint density at radius 3 is 2.57 bits per heavy atom. The fourth-order valence-electron chi connectivity index (χ4n) is 1.86. The predicted octanol–water partition coefficient (Wildman–Crippen LogP) is 2.30. The summed E-state index contributed by atoms with van der Waals surface area (Å²) in [7, 11) is 0. The summed E-state index contributed by atoms with van der Waals surface area (Å²) in [5, 5.41) is 11.8. The summed E-state index contributed by atoms with van der Waals surface area (Å²) >= 11 is 0. The van der Waals surface area contributed by atoms with E-state index >= 15 is 0 Å². The summed E-state index contributed by atoms with van der Waals surface area (Å²) in [6.07, 6.45) is 0. The normalized spacial score (nSPS) is 10.2. The van der Waals surface area contributed by atoms with E-state index in [4.69, 9.17) is 15.6 Å². The fraction of sp³-hybridized carbons (Fsp3) is 0.188. The number of hydrogen-bond acceptors (Lipinski definition) is 4. The SMILES string of the molecule is CCNC(=O)c1ccc(N)cc1Oc1ccc(CO)cc1. The monoisotopic (exact) mass is 286 g/mol. The van der Waals surface area contributed by atoms with Crippen molar-refractivity contribution in [2.75, 3.05) is 12.3 Å². The highest BCUT2D eigenvalue weighted by molar-refractivity contribution is 5.97. The molecule has 2 aromatic rings. The Hall–Kier alpha value is -2.53. The number of anilines is 1. The minimum Gasteiger partial charge on any atom is -0.456 e. The molecule has 2 rings (SSSR count). The Balaban J connectivity index is 2.28. The summed E-state index contributed by atoms with van der Waals surface area (Å²) in [4.78, 5) is 12.0. The van der Waals surface area contributed by atoms with Gasteiger partial charge in [-0.1, -0.05) is 12.1 Å². The van der Waals surface area contributed by atoms with Crippen molar-refractivity contribution in [3.05, 3.63) is 53.6 Å². The first-order valence-corrected chi connectivity index (χ1v) is 6.69. The van der Waals surface area contributed by atoms with Crippen LogP contribution >= 0.6 is 0 Å². The van der Waals surface area contributed by atoms with Crippen molar-refractivity contribution in [2.45, 2.75) is 13.5 Å². The van der Waals surface area contributed by atoms with Crippen molar-refractivity contribution < 1.29 is 14.6 Å². The largest absolute Gasteiger partial charge is 0.456 e. The molecule has 0 saturated carbocycles. The summed E-state index contributed by atoms with van der Waals surface area (Å²) < 4.78 is 5.73. The highest BCUT2D eigenvalue weighted by atomic mass is 16.5. The average Bonchev–Trinajstić information content (AvgIpc) is 2.48. The van der Waals surface area contributed by atoms with Gasteiger partial charge in [0.1, 0.15) is 11.5 Å². The van der Waals surface area contributed by atoms with Crippen LogP contribution in [-0.2, 0) is 6.61 Å². The number of nitrogens with one attached hydrogen (secondary N) is 1. The Morgan fingerprint density at radius 2 is 1.95 bits per heavy atom. The third-order valence-corrected chi connectivity index (χ3v) is 2.92. The number of aliphatic hydroxyl groups is 1. The van der Waals surface area contributed by atoms with Crippen molar-refractivity contribution in [2.24, 2.45) is 0 Å². The first kappa shape index (κ1) is 14.9. The molecular formula is C16H18N2O3. The zero-order chi connectivity index (χ0) is 15.2. The molecule has 0 radical (unpaired) electrons. The smallest absolute Gasteiger partial charge is 0.255 e. The molecule has 0 bridgehead atoms. The molecule has 0 aliphatic rings. The predicted molar refractivity (Wildman–Crippen MR) is 81.3 cm³/mol. The molecule has 0 saturated heterocycles. The van der Waals surface area contributed by atoms with Crippen LogP contribution in [0.2, 0.25) is 0 Å². The number of carbonyl (C=O) groups is 1. The third-order valence-electron chi connectivity index (χ3n) is 2.92. The van der Waals surface area contributed by atoms with Gasteiger partial charge in [0.25, 0.3) is 5.91 Å². The fourth-order valence-corrected chi connectivity index (χ4v) is 1.86. The van der Waals surface area contributed by atoms with Crippen molar-refractivity contribution in [1.82, 2.24) is 5.32 Å². The van der Waals surface area contributed by atoms with Crippen LogP contribution in [0.1, 0.15) is 22.8 Å². The summed E-state index contributed by atoms with van der Waals surface area (Å²) in [5.74, 6) is 0.764. The summed E-state index contributed by atoms with van der Waals surface area (Å²) in [5.41, 5.74) is 7.49. The van der Waals surface area contributed by atoms with Gasteiger partial charge in [-0.3, -0.25) is 4.79 Å². The van der Waals surface area contributed by atoms with Crippen LogP contribution in [0.5, 0.6) is 11.5 Å². The average molecular weight is 286 g/mol. The van der Waals surface area contributed by atoms with Crippen molar-refractivity contribution in [3.8, 4) is 11.5 Å². The molecule has 0 heterocycles. The van der Waals surface area contributed by atoms with Gasteiger partial charge in [-0.2, -0.15) is 0 Å². The number of nitrogens with two attached hydrogens (primary N) is 1. The summed E-state index contributed by atoms with van der Waals surface area (Å²) in [6, 6.07) is 11.9. The van der Waals surface area contributed by atoms with Crippen LogP contribution < -0.4 is 15.8 Å². The maximum atomic E-state index is 12.0. The molecule has 1 amide bonds. The van der Waals surface area contributed by atoms with Gasteiger partial charge in [0.2, 0.25) is 0 Å². The maximum Gasteiger partial charge on any atom is 0.255 e. The number of ether oxygens (including phenoxy) is 1. The van der Waals surface area contributed by atoms with Crippen LogP contribution in [0.3, 0.4) is 0 Å². The lowest BCUT2D eigenvalue weighted by atomic mass is 10.1. The van der Waals surface area contributed by atoms with Gasteiger partial charge in [0.05, 0.1) is 12.2 Å². The quantitative estimate of drug-likeness (QED) is 0.736. The molecule has 2 aromatic carbocycles. The number of rotatable bonds is 5. The highest BCUT2D eigenvalue weighted by Crippen LogP contribution is 2.27. The summed E-state index contributed by atoms with van der Waals surface area (Å²) in [6.45, 7) is 2.36. The molecule has 0 aliphatic heterocycles. The second-order valence-electron chi connectivity index (χ2n) is 4.52. The molecule has 0 aromatic heterocycles. The van der Waals surface area contributed by atoms with E-state index in [1.54, 1.807) is 42.5 Å². The van der Waals surface area contributed by atoms with Crippen LogP contribution in [0.15, 0.2) is 42.5 Å². The van der Waals surface area contributed by atoms with E-state index in [2.05, 4.69) is 5.32 Å². The Morgan fingerprint density at radius 1 is 1.24 bits per heavy atom. The van der Waals surface area contributed by atoms with E-state index in [-0.39, 0.29) is 12.5 Å². The topological polar surface area (TPSA) is 84.6 Å². The lowest BCUT2D eigenvalue weighted by molar-refractivity contribution is 0.0953. The van der Waals surface area contributed by atoms with Crippen molar-refractivity contribution in [3.63, 3.8) is 0 Å². The standard InChI is InChI=1S/C16H18N2O3/c1-2-18-16(20)14-8-5-12(17)9-15(14)21-13-6-3-11(10-19)4-7-13/h3-9,19H,2,10,17H2,1H3,(H,18,20). The lowest BCUT2D eigenvalue weighted by Gasteiger charge is -2.12. The second kappa shape index (κ2) is 6.76. The second-order valence-corrected chi connectivity index (χ2v) is 4.52. The Kier molecular flexibility index (Phi) is 4.79. The Labute approximate surface area is 123 Å². The third kappa shape index (κ3) is 3.73. The Bertz CT molecular complexity index is 624. The molecule has 5 nitrogen and oxygen atoms in total. The van der Waals surface area contributed by atoms with Crippen LogP contribution in [0.25, 0.3) is 0 Å².